The highest BCUT2D eigenvalue weighted by Crippen LogP contribution is 2.24. The molecule has 5 heteroatoms. The molecule has 0 spiro atoms. The van der Waals surface area contributed by atoms with Crippen LogP contribution in [0.15, 0.2) is 12.1 Å². The Morgan fingerprint density at radius 2 is 2.24 bits per heavy atom. The summed E-state index contributed by atoms with van der Waals surface area (Å²) in [6, 6.07) is 3.89. The first-order chi connectivity index (χ1) is 8.00. The summed E-state index contributed by atoms with van der Waals surface area (Å²) in [7, 11) is 0. The van der Waals surface area contributed by atoms with Gasteiger partial charge in [-0.05, 0) is 32.9 Å². The third-order valence-electron chi connectivity index (χ3n) is 2.74. The van der Waals surface area contributed by atoms with Gasteiger partial charge < -0.3 is 9.64 Å². The summed E-state index contributed by atoms with van der Waals surface area (Å²) in [6.07, 6.45) is 0.202. The number of nitrogens with zero attached hydrogens (tertiary/aromatic N) is 3. The normalized spacial score (nSPS) is 23.8. The van der Waals surface area contributed by atoms with Crippen LogP contribution in [0.4, 0.5) is 5.82 Å². The minimum absolute atomic E-state index is 0.148. The average molecular weight is 256 g/mol. The van der Waals surface area contributed by atoms with E-state index in [9.17, 15) is 0 Å². The van der Waals surface area contributed by atoms with Crippen molar-refractivity contribution in [2.45, 2.75) is 38.4 Å². The summed E-state index contributed by atoms with van der Waals surface area (Å²) >= 11 is 5.70. The molecule has 1 aromatic heterocycles. The van der Waals surface area contributed by atoms with Crippen LogP contribution >= 0.6 is 11.6 Å². The van der Waals surface area contributed by atoms with Crippen molar-refractivity contribution in [3.63, 3.8) is 0 Å². The van der Waals surface area contributed by atoms with Crippen LogP contribution in [-0.2, 0) is 10.6 Å². The largest absolute Gasteiger partial charge is 0.369 e. The summed E-state index contributed by atoms with van der Waals surface area (Å²) < 4.78 is 5.86. The van der Waals surface area contributed by atoms with Crippen molar-refractivity contribution < 1.29 is 4.74 Å². The molecule has 1 aromatic rings. The summed E-state index contributed by atoms with van der Waals surface area (Å²) in [5.74, 6) is 1.29. The van der Waals surface area contributed by atoms with E-state index in [1.807, 2.05) is 12.1 Å². The lowest BCUT2D eigenvalue weighted by Gasteiger charge is -2.42. The fraction of sp³-hybridized carbons (Fsp3) is 0.667. The molecule has 4 nitrogen and oxygen atoms in total. The van der Waals surface area contributed by atoms with Crippen LogP contribution < -0.4 is 4.90 Å². The van der Waals surface area contributed by atoms with Crippen molar-refractivity contribution in [3.8, 4) is 0 Å². The molecule has 1 unspecified atom stereocenters. The second kappa shape index (κ2) is 4.78. The number of hydrogen-bond donors (Lipinski definition) is 0. The Kier molecular flexibility index (Phi) is 3.54. The Labute approximate surface area is 107 Å². The molecule has 2 rings (SSSR count). The van der Waals surface area contributed by atoms with Crippen LogP contribution in [-0.4, -0.2) is 35.0 Å². The maximum Gasteiger partial charge on any atom is 0.151 e. The van der Waals surface area contributed by atoms with Gasteiger partial charge in [0.1, 0.15) is 0 Å². The Hall–Kier alpha value is -0.870. The lowest BCUT2D eigenvalue weighted by atomic mass is 10.1. The van der Waals surface area contributed by atoms with Crippen molar-refractivity contribution >= 4 is 17.4 Å². The zero-order valence-electron chi connectivity index (χ0n) is 10.5. The van der Waals surface area contributed by atoms with Crippen molar-refractivity contribution in [3.05, 3.63) is 17.8 Å². The number of rotatable bonds is 2. The van der Waals surface area contributed by atoms with Crippen LogP contribution in [0.25, 0.3) is 0 Å². The minimum Gasteiger partial charge on any atom is -0.369 e. The standard InChI is InChI=1S/C12H18ClN3O/c1-9-7-16(8-12(2,3)17-9)11-5-4-10(6-13)14-15-11/h4-5,9H,6-8H2,1-3H3. The van der Waals surface area contributed by atoms with Gasteiger partial charge in [0, 0.05) is 13.1 Å². The molecule has 0 aromatic carbocycles. The predicted octanol–water partition coefficient (Wildman–Crippen LogP) is 2.22. The molecule has 0 saturated carbocycles. The van der Waals surface area contributed by atoms with E-state index in [1.54, 1.807) is 0 Å². The third-order valence-corrected chi connectivity index (χ3v) is 3.01. The van der Waals surface area contributed by atoms with Gasteiger partial charge in [-0.2, -0.15) is 5.10 Å². The molecule has 0 aliphatic carbocycles. The molecule has 2 heterocycles. The maximum absolute atomic E-state index is 5.86. The van der Waals surface area contributed by atoms with E-state index in [0.717, 1.165) is 24.6 Å². The Morgan fingerprint density at radius 3 is 2.76 bits per heavy atom. The van der Waals surface area contributed by atoms with E-state index in [1.165, 1.54) is 0 Å². The van der Waals surface area contributed by atoms with Gasteiger partial charge in [0.15, 0.2) is 5.82 Å². The van der Waals surface area contributed by atoms with E-state index in [-0.39, 0.29) is 11.7 Å². The number of anilines is 1. The van der Waals surface area contributed by atoms with Crippen LogP contribution in [0.2, 0.25) is 0 Å². The summed E-state index contributed by atoms with van der Waals surface area (Å²) in [6.45, 7) is 7.94. The van der Waals surface area contributed by atoms with E-state index in [0.29, 0.717) is 5.88 Å². The Balaban J connectivity index is 2.15. The zero-order valence-corrected chi connectivity index (χ0v) is 11.2. The first-order valence-electron chi connectivity index (χ1n) is 5.81. The second-order valence-corrected chi connectivity index (χ2v) is 5.35. The fourth-order valence-corrected chi connectivity index (χ4v) is 2.36. The molecule has 0 bridgehead atoms. The Morgan fingerprint density at radius 1 is 1.47 bits per heavy atom. The van der Waals surface area contributed by atoms with Gasteiger partial charge in [0.25, 0.3) is 0 Å². The van der Waals surface area contributed by atoms with Gasteiger partial charge in [-0.1, -0.05) is 0 Å². The lowest BCUT2D eigenvalue weighted by Crippen LogP contribution is -2.52. The van der Waals surface area contributed by atoms with E-state index < -0.39 is 0 Å². The molecular formula is C12H18ClN3O. The molecule has 0 amide bonds. The highest BCUT2D eigenvalue weighted by atomic mass is 35.5. The second-order valence-electron chi connectivity index (χ2n) is 5.09. The molecule has 1 aliphatic rings. The summed E-state index contributed by atoms with van der Waals surface area (Å²) in [4.78, 5) is 2.21. The number of hydrogen-bond acceptors (Lipinski definition) is 4. The first-order valence-corrected chi connectivity index (χ1v) is 6.35. The molecule has 1 aliphatic heterocycles. The van der Waals surface area contributed by atoms with Crippen molar-refractivity contribution in [2.24, 2.45) is 0 Å². The fourth-order valence-electron chi connectivity index (χ4n) is 2.22. The number of alkyl halides is 1. The highest BCUT2D eigenvalue weighted by Gasteiger charge is 2.31. The molecule has 1 fully saturated rings. The van der Waals surface area contributed by atoms with Gasteiger partial charge in [0.05, 0.1) is 23.3 Å². The number of halogens is 1. The molecule has 0 radical (unpaired) electrons. The predicted molar refractivity (Wildman–Crippen MR) is 68.4 cm³/mol. The molecule has 1 saturated heterocycles. The first kappa shape index (κ1) is 12.6. The van der Waals surface area contributed by atoms with Crippen LogP contribution in [0.5, 0.6) is 0 Å². The van der Waals surface area contributed by atoms with Crippen LogP contribution in [0, 0.1) is 0 Å². The lowest BCUT2D eigenvalue weighted by molar-refractivity contribution is -0.0752. The van der Waals surface area contributed by atoms with E-state index >= 15 is 0 Å². The number of ether oxygens (including phenoxy) is 1. The van der Waals surface area contributed by atoms with E-state index in [2.05, 4.69) is 35.9 Å². The van der Waals surface area contributed by atoms with Gasteiger partial charge >= 0.3 is 0 Å². The summed E-state index contributed by atoms with van der Waals surface area (Å²) in [5.41, 5.74) is 0.654. The van der Waals surface area contributed by atoms with E-state index in [4.69, 9.17) is 16.3 Å². The molecule has 1 atom stereocenters. The number of aromatic nitrogens is 2. The maximum atomic E-state index is 5.86. The van der Waals surface area contributed by atoms with Gasteiger partial charge in [-0.25, -0.2) is 0 Å². The third kappa shape index (κ3) is 3.07. The molecule has 17 heavy (non-hydrogen) atoms. The SMILES string of the molecule is CC1CN(c2ccc(CCl)nn2)CC(C)(C)O1. The highest BCUT2D eigenvalue weighted by molar-refractivity contribution is 6.16. The van der Waals surface area contributed by atoms with Gasteiger partial charge in [-0.15, -0.1) is 16.7 Å². The Bertz CT molecular complexity index is 380. The monoisotopic (exact) mass is 255 g/mol. The molecular weight excluding hydrogens is 238 g/mol. The van der Waals surface area contributed by atoms with Crippen LogP contribution in [0.3, 0.4) is 0 Å². The quantitative estimate of drug-likeness (QED) is 0.760. The summed E-state index contributed by atoms with van der Waals surface area (Å²) in [5, 5.41) is 8.29. The number of morpholine rings is 1. The average Bonchev–Trinajstić information content (AvgIpc) is 2.26. The van der Waals surface area contributed by atoms with Crippen molar-refractivity contribution in [2.75, 3.05) is 18.0 Å². The molecule has 94 valence electrons. The van der Waals surface area contributed by atoms with Crippen molar-refractivity contribution in [1.82, 2.24) is 10.2 Å². The van der Waals surface area contributed by atoms with Gasteiger partial charge in [-0.3, -0.25) is 0 Å². The smallest absolute Gasteiger partial charge is 0.151 e. The zero-order chi connectivity index (χ0) is 12.5. The molecule has 0 N–H and O–H groups in total. The van der Waals surface area contributed by atoms with Crippen molar-refractivity contribution in [1.29, 1.82) is 0 Å². The van der Waals surface area contributed by atoms with Crippen LogP contribution in [0.1, 0.15) is 26.5 Å². The van der Waals surface area contributed by atoms with Gasteiger partial charge in [0.2, 0.25) is 0 Å². The minimum atomic E-state index is -0.148. The topological polar surface area (TPSA) is 38.2 Å².